The highest BCUT2D eigenvalue weighted by Crippen LogP contribution is 2.34. The Hall–Kier alpha value is -2.64. The molecule has 0 radical (unpaired) electrons. The van der Waals surface area contributed by atoms with E-state index in [4.69, 9.17) is 18.9 Å². The monoisotopic (exact) mass is 373 g/mol. The summed E-state index contributed by atoms with van der Waals surface area (Å²) in [5.74, 6) is 0.273. The van der Waals surface area contributed by atoms with Crippen LogP contribution in [-0.4, -0.2) is 36.4 Å². The third-order valence-corrected chi connectivity index (χ3v) is 4.54. The van der Waals surface area contributed by atoms with Crippen LogP contribution < -0.4 is 9.47 Å². The SMILES string of the molecule is COc1ccc(COc2cc(C(C)(C)C(=O)O)cnc2C2OCCO2)cc1. The molecule has 3 rings (SSSR count). The maximum Gasteiger partial charge on any atom is 0.313 e. The zero-order valence-electron chi connectivity index (χ0n) is 15.6. The zero-order chi connectivity index (χ0) is 19.4. The molecule has 1 aliphatic rings. The molecule has 1 saturated heterocycles. The van der Waals surface area contributed by atoms with Crippen molar-refractivity contribution in [2.45, 2.75) is 32.2 Å². The first-order valence-corrected chi connectivity index (χ1v) is 8.64. The van der Waals surface area contributed by atoms with Crippen LogP contribution in [0.15, 0.2) is 36.5 Å². The highest BCUT2D eigenvalue weighted by molar-refractivity contribution is 5.80. The predicted molar refractivity (Wildman–Crippen MR) is 96.9 cm³/mol. The topological polar surface area (TPSA) is 87.1 Å². The lowest BCUT2D eigenvalue weighted by molar-refractivity contribution is -0.142. The van der Waals surface area contributed by atoms with Gasteiger partial charge in [-0.05, 0) is 43.2 Å². The zero-order valence-corrected chi connectivity index (χ0v) is 15.6. The number of hydrogen-bond acceptors (Lipinski definition) is 6. The van der Waals surface area contributed by atoms with Crippen LogP contribution in [0.2, 0.25) is 0 Å². The molecule has 144 valence electrons. The molecule has 0 atom stereocenters. The minimum atomic E-state index is -1.10. The molecule has 7 nitrogen and oxygen atoms in total. The highest BCUT2D eigenvalue weighted by Gasteiger charge is 2.32. The van der Waals surface area contributed by atoms with E-state index >= 15 is 0 Å². The van der Waals surface area contributed by atoms with Gasteiger partial charge in [0.15, 0.2) is 0 Å². The summed E-state index contributed by atoms with van der Waals surface area (Å²) < 4.78 is 22.2. The summed E-state index contributed by atoms with van der Waals surface area (Å²) in [6.45, 7) is 4.51. The van der Waals surface area contributed by atoms with Crippen LogP contribution in [-0.2, 0) is 26.3 Å². The second-order valence-electron chi connectivity index (χ2n) is 6.75. The van der Waals surface area contributed by atoms with E-state index in [-0.39, 0.29) is 0 Å². The van der Waals surface area contributed by atoms with E-state index in [9.17, 15) is 9.90 Å². The second-order valence-corrected chi connectivity index (χ2v) is 6.75. The Morgan fingerprint density at radius 1 is 1.26 bits per heavy atom. The third-order valence-electron chi connectivity index (χ3n) is 4.54. The average Bonchev–Trinajstić information content (AvgIpc) is 3.21. The van der Waals surface area contributed by atoms with Crippen molar-refractivity contribution < 1.29 is 28.8 Å². The van der Waals surface area contributed by atoms with E-state index in [1.165, 1.54) is 6.20 Å². The molecule has 7 heteroatoms. The molecule has 27 heavy (non-hydrogen) atoms. The van der Waals surface area contributed by atoms with Gasteiger partial charge in [0.25, 0.3) is 0 Å². The van der Waals surface area contributed by atoms with E-state index in [1.807, 2.05) is 24.3 Å². The standard InChI is InChI=1S/C20H23NO6/c1-20(2,19(22)23)14-10-16(17(21-11-14)18-25-8-9-26-18)27-12-13-4-6-15(24-3)7-5-13/h4-7,10-11,18H,8-9,12H2,1-3H3,(H,22,23). The van der Waals surface area contributed by atoms with Crippen LogP contribution in [0.4, 0.5) is 0 Å². The minimum absolute atomic E-state index is 0.294. The van der Waals surface area contributed by atoms with Gasteiger partial charge in [-0.15, -0.1) is 0 Å². The van der Waals surface area contributed by atoms with E-state index in [0.717, 1.165) is 11.3 Å². The van der Waals surface area contributed by atoms with Gasteiger partial charge < -0.3 is 24.1 Å². The number of hydrogen-bond donors (Lipinski definition) is 1. The minimum Gasteiger partial charge on any atom is -0.497 e. The van der Waals surface area contributed by atoms with E-state index < -0.39 is 17.7 Å². The Labute approximate surface area is 157 Å². The van der Waals surface area contributed by atoms with Crippen LogP contribution in [0, 0.1) is 0 Å². The molecular weight excluding hydrogens is 350 g/mol. The third kappa shape index (κ3) is 4.20. The number of carboxylic acids is 1. The molecule has 0 unspecified atom stereocenters. The van der Waals surface area contributed by atoms with Crippen molar-refractivity contribution in [1.29, 1.82) is 0 Å². The summed E-state index contributed by atoms with van der Waals surface area (Å²) >= 11 is 0. The smallest absolute Gasteiger partial charge is 0.313 e. The quantitative estimate of drug-likeness (QED) is 0.798. The van der Waals surface area contributed by atoms with Gasteiger partial charge in [-0.2, -0.15) is 0 Å². The molecule has 1 N–H and O–H groups in total. The summed E-state index contributed by atoms with van der Waals surface area (Å²) in [4.78, 5) is 16.0. The normalized spacial score (nSPS) is 14.9. The molecular formula is C20H23NO6. The van der Waals surface area contributed by atoms with Crippen LogP contribution in [0.5, 0.6) is 11.5 Å². The summed E-state index contributed by atoms with van der Waals surface area (Å²) in [5.41, 5.74) is 0.895. The van der Waals surface area contributed by atoms with Gasteiger partial charge in [-0.1, -0.05) is 12.1 Å². The first-order chi connectivity index (χ1) is 12.9. The van der Waals surface area contributed by atoms with Gasteiger partial charge in [0.2, 0.25) is 6.29 Å². The number of carbonyl (C=O) groups is 1. The average molecular weight is 373 g/mol. The van der Waals surface area contributed by atoms with Crippen LogP contribution >= 0.6 is 0 Å². The Morgan fingerprint density at radius 2 is 1.93 bits per heavy atom. The van der Waals surface area contributed by atoms with Gasteiger partial charge in [0.1, 0.15) is 23.8 Å². The Morgan fingerprint density at radius 3 is 2.52 bits per heavy atom. The summed E-state index contributed by atoms with van der Waals surface area (Å²) in [6, 6.07) is 9.21. The number of aliphatic carboxylic acids is 1. The fourth-order valence-electron chi connectivity index (χ4n) is 2.61. The van der Waals surface area contributed by atoms with Gasteiger partial charge in [-0.25, -0.2) is 0 Å². The molecule has 1 fully saturated rings. The maximum atomic E-state index is 11.6. The Kier molecular flexibility index (Phi) is 5.62. The number of carboxylic acid groups (broad SMARTS) is 1. The van der Waals surface area contributed by atoms with Crippen molar-refractivity contribution in [2.24, 2.45) is 0 Å². The number of nitrogens with zero attached hydrogens (tertiary/aromatic N) is 1. The fraction of sp³-hybridized carbons (Fsp3) is 0.400. The number of ether oxygens (including phenoxy) is 4. The molecule has 2 heterocycles. The van der Waals surface area contributed by atoms with Gasteiger partial charge in [0, 0.05) is 6.20 Å². The Bertz CT molecular complexity index is 797. The van der Waals surface area contributed by atoms with Crippen molar-refractivity contribution in [3.05, 3.63) is 53.3 Å². The molecule has 0 bridgehead atoms. The number of aromatic nitrogens is 1. The number of methoxy groups -OCH3 is 1. The van der Waals surface area contributed by atoms with Gasteiger partial charge >= 0.3 is 5.97 Å². The largest absolute Gasteiger partial charge is 0.497 e. The van der Waals surface area contributed by atoms with Crippen molar-refractivity contribution >= 4 is 5.97 Å². The van der Waals surface area contributed by atoms with Gasteiger partial charge in [-0.3, -0.25) is 9.78 Å². The lowest BCUT2D eigenvalue weighted by Crippen LogP contribution is -2.29. The predicted octanol–water partition coefficient (Wildman–Crippen LogP) is 3.08. The second kappa shape index (κ2) is 7.94. The Balaban J connectivity index is 1.87. The molecule has 0 amide bonds. The summed E-state index contributed by atoms with van der Waals surface area (Å²) in [7, 11) is 1.61. The van der Waals surface area contributed by atoms with Crippen molar-refractivity contribution in [2.75, 3.05) is 20.3 Å². The lowest BCUT2D eigenvalue weighted by Gasteiger charge is -2.22. The highest BCUT2D eigenvalue weighted by atomic mass is 16.7. The molecule has 0 spiro atoms. The van der Waals surface area contributed by atoms with Crippen molar-refractivity contribution in [3.8, 4) is 11.5 Å². The van der Waals surface area contributed by atoms with Crippen LogP contribution in [0.3, 0.4) is 0 Å². The summed E-state index contributed by atoms with van der Waals surface area (Å²) in [6.07, 6.45) is 0.923. The molecule has 1 aliphatic heterocycles. The van der Waals surface area contributed by atoms with Gasteiger partial charge in [0.05, 0.1) is 25.7 Å². The summed E-state index contributed by atoms with van der Waals surface area (Å²) in [5, 5.41) is 9.49. The van der Waals surface area contributed by atoms with E-state index in [0.29, 0.717) is 36.8 Å². The first kappa shape index (κ1) is 19.1. The molecule has 0 aliphatic carbocycles. The maximum absolute atomic E-state index is 11.6. The molecule has 1 aromatic carbocycles. The molecule has 2 aromatic rings. The number of rotatable bonds is 7. The number of pyridine rings is 1. The van der Waals surface area contributed by atoms with Crippen LogP contribution in [0.1, 0.15) is 37.0 Å². The van der Waals surface area contributed by atoms with Crippen molar-refractivity contribution in [3.63, 3.8) is 0 Å². The van der Waals surface area contributed by atoms with Crippen LogP contribution in [0.25, 0.3) is 0 Å². The first-order valence-electron chi connectivity index (χ1n) is 8.64. The molecule has 0 saturated carbocycles. The van der Waals surface area contributed by atoms with E-state index in [1.54, 1.807) is 27.0 Å². The molecule has 1 aromatic heterocycles. The fourth-order valence-corrected chi connectivity index (χ4v) is 2.61. The number of benzene rings is 1. The van der Waals surface area contributed by atoms with E-state index in [2.05, 4.69) is 4.98 Å². The van der Waals surface area contributed by atoms with Crippen molar-refractivity contribution in [1.82, 2.24) is 4.98 Å². The lowest BCUT2D eigenvalue weighted by atomic mass is 9.85.